The molecule has 0 aliphatic heterocycles. The molecule has 4 rings (SSSR count). The Morgan fingerprint density at radius 2 is 1.88 bits per heavy atom. The number of fused-ring (bicyclic) bond motifs is 1. The van der Waals surface area contributed by atoms with Crippen molar-refractivity contribution in [3.63, 3.8) is 0 Å². The average Bonchev–Trinajstić information content (AvgIpc) is 3.12. The van der Waals surface area contributed by atoms with Crippen LogP contribution in [0.4, 0.5) is 11.5 Å². The van der Waals surface area contributed by atoms with E-state index in [1.807, 2.05) is 6.07 Å². The Bertz CT molecular complexity index is 1400. The Hall–Kier alpha value is -3.63. The molecule has 1 amide bonds. The van der Waals surface area contributed by atoms with E-state index in [1.54, 1.807) is 23.7 Å². The topological polar surface area (TPSA) is 115 Å². The molecule has 32 heavy (non-hydrogen) atoms. The SMILES string of the molecule is COc1ccc2c(cc(C(=O)Nc3ccc(S(=O)(=O)Nc4cnccn4)cc3)n2C)c1Cl. The lowest BCUT2D eigenvalue weighted by Gasteiger charge is -2.09. The second-order valence-electron chi connectivity index (χ2n) is 6.78. The number of anilines is 2. The predicted molar refractivity (Wildman–Crippen MR) is 122 cm³/mol. The molecule has 0 fully saturated rings. The van der Waals surface area contributed by atoms with Gasteiger partial charge in [-0.1, -0.05) is 11.6 Å². The summed E-state index contributed by atoms with van der Waals surface area (Å²) >= 11 is 6.37. The van der Waals surface area contributed by atoms with Gasteiger partial charge in [0.25, 0.3) is 15.9 Å². The number of carbonyl (C=O) groups is 1. The van der Waals surface area contributed by atoms with Gasteiger partial charge in [0, 0.05) is 30.5 Å². The lowest BCUT2D eigenvalue weighted by atomic mass is 10.2. The van der Waals surface area contributed by atoms with Crippen LogP contribution in [0, 0.1) is 0 Å². The molecule has 164 valence electrons. The number of rotatable bonds is 6. The third-order valence-electron chi connectivity index (χ3n) is 4.80. The molecule has 0 aliphatic rings. The molecule has 0 spiro atoms. The maximum absolute atomic E-state index is 12.8. The molecule has 0 bridgehead atoms. The maximum Gasteiger partial charge on any atom is 0.272 e. The van der Waals surface area contributed by atoms with Gasteiger partial charge >= 0.3 is 0 Å². The highest BCUT2D eigenvalue weighted by Gasteiger charge is 2.18. The molecule has 2 aromatic carbocycles. The van der Waals surface area contributed by atoms with Crippen molar-refractivity contribution in [3.05, 3.63) is 71.8 Å². The number of benzene rings is 2. The zero-order valence-electron chi connectivity index (χ0n) is 17.0. The summed E-state index contributed by atoms with van der Waals surface area (Å²) in [7, 11) is -0.560. The highest BCUT2D eigenvalue weighted by Crippen LogP contribution is 2.34. The van der Waals surface area contributed by atoms with Crippen LogP contribution >= 0.6 is 11.6 Å². The number of hydrogen-bond donors (Lipinski definition) is 2. The van der Waals surface area contributed by atoms with Crippen LogP contribution in [0.1, 0.15) is 10.5 Å². The number of ether oxygens (including phenoxy) is 1. The first-order chi connectivity index (χ1) is 15.3. The molecular formula is C21H18ClN5O4S. The standard InChI is InChI=1S/C21H18ClN5O4S/c1-27-16-7-8-18(31-2)20(22)15(16)11-17(27)21(28)25-13-3-5-14(6-4-13)32(29,30)26-19-12-23-9-10-24-19/h3-12H,1-2H3,(H,24,26)(H,25,28). The van der Waals surface area contributed by atoms with Crippen molar-refractivity contribution >= 4 is 49.9 Å². The molecule has 0 atom stereocenters. The largest absolute Gasteiger partial charge is 0.495 e. The molecule has 4 aromatic rings. The van der Waals surface area contributed by atoms with Crippen molar-refractivity contribution in [2.75, 3.05) is 17.1 Å². The molecular weight excluding hydrogens is 454 g/mol. The number of hydrogen-bond acceptors (Lipinski definition) is 6. The Morgan fingerprint density at radius 3 is 2.53 bits per heavy atom. The lowest BCUT2D eigenvalue weighted by molar-refractivity contribution is 0.101. The summed E-state index contributed by atoms with van der Waals surface area (Å²) in [6.07, 6.45) is 4.13. The van der Waals surface area contributed by atoms with Gasteiger partial charge in [0.15, 0.2) is 5.82 Å². The van der Waals surface area contributed by atoms with Crippen molar-refractivity contribution in [2.45, 2.75) is 4.90 Å². The number of aryl methyl sites for hydroxylation is 1. The molecule has 9 nitrogen and oxygen atoms in total. The van der Waals surface area contributed by atoms with E-state index in [2.05, 4.69) is 20.0 Å². The lowest BCUT2D eigenvalue weighted by Crippen LogP contribution is -2.16. The van der Waals surface area contributed by atoms with E-state index >= 15 is 0 Å². The average molecular weight is 472 g/mol. The fourth-order valence-electron chi connectivity index (χ4n) is 3.19. The van der Waals surface area contributed by atoms with E-state index < -0.39 is 10.0 Å². The highest BCUT2D eigenvalue weighted by molar-refractivity contribution is 7.92. The number of aromatic nitrogens is 3. The van der Waals surface area contributed by atoms with Gasteiger partial charge < -0.3 is 14.6 Å². The fourth-order valence-corrected chi connectivity index (χ4v) is 4.48. The first kappa shape index (κ1) is 21.6. The van der Waals surface area contributed by atoms with Crippen LogP contribution in [-0.2, 0) is 17.1 Å². The molecule has 0 radical (unpaired) electrons. The number of amides is 1. The van der Waals surface area contributed by atoms with Crippen LogP contribution in [0.15, 0.2) is 66.0 Å². The number of sulfonamides is 1. The molecule has 2 heterocycles. The molecule has 2 aromatic heterocycles. The normalized spacial score (nSPS) is 11.3. The summed E-state index contributed by atoms with van der Waals surface area (Å²) in [4.78, 5) is 20.6. The minimum absolute atomic E-state index is 0.0182. The molecule has 0 saturated carbocycles. The molecule has 11 heteroatoms. The molecule has 0 aliphatic carbocycles. The zero-order chi connectivity index (χ0) is 22.9. The summed E-state index contributed by atoms with van der Waals surface area (Å²) < 4.78 is 34.3. The van der Waals surface area contributed by atoms with Gasteiger partial charge in [-0.3, -0.25) is 14.5 Å². The summed E-state index contributed by atoms with van der Waals surface area (Å²) in [5.41, 5.74) is 1.59. The van der Waals surface area contributed by atoms with Gasteiger partial charge in [-0.25, -0.2) is 13.4 Å². The van der Waals surface area contributed by atoms with Crippen molar-refractivity contribution in [3.8, 4) is 5.75 Å². The third-order valence-corrected chi connectivity index (χ3v) is 6.56. The van der Waals surface area contributed by atoms with Crippen molar-refractivity contribution in [1.82, 2.24) is 14.5 Å². The van der Waals surface area contributed by atoms with Gasteiger partial charge in [-0.15, -0.1) is 0 Å². The second-order valence-corrected chi connectivity index (χ2v) is 8.84. The Morgan fingerprint density at radius 1 is 1.12 bits per heavy atom. The van der Waals surface area contributed by atoms with Gasteiger partial charge in [0.05, 0.1) is 28.7 Å². The van der Waals surface area contributed by atoms with Crippen LogP contribution < -0.4 is 14.8 Å². The molecule has 0 saturated heterocycles. The maximum atomic E-state index is 12.8. The van der Waals surface area contributed by atoms with Crippen LogP contribution in [0.5, 0.6) is 5.75 Å². The Kier molecular flexibility index (Phi) is 5.72. The van der Waals surface area contributed by atoms with E-state index in [9.17, 15) is 13.2 Å². The first-order valence-corrected chi connectivity index (χ1v) is 11.2. The minimum atomic E-state index is -3.84. The van der Waals surface area contributed by atoms with Crippen molar-refractivity contribution in [2.24, 2.45) is 7.05 Å². The monoisotopic (exact) mass is 471 g/mol. The predicted octanol–water partition coefficient (Wildman–Crippen LogP) is 3.68. The van der Waals surface area contributed by atoms with Crippen LogP contribution in [0.25, 0.3) is 10.9 Å². The smallest absolute Gasteiger partial charge is 0.272 e. The van der Waals surface area contributed by atoms with Crippen molar-refractivity contribution < 1.29 is 17.9 Å². The van der Waals surface area contributed by atoms with Gasteiger partial charge in [-0.05, 0) is 42.5 Å². The van der Waals surface area contributed by atoms with Gasteiger partial charge in [0.2, 0.25) is 0 Å². The summed E-state index contributed by atoms with van der Waals surface area (Å²) in [5, 5.41) is 3.88. The fraction of sp³-hybridized carbons (Fsp3) is 0.0952. The minimum Gasteiger partial charge on any atom is -0.495 e. The number of halogens is 1. The van der Waals surface area contributed by atoms with E-state index in [-0.39, 0.29) is 16.6 Å². The second kappa shape index (κ2) is 8.48. The van der Waals surface area contributed by atoms with E-state index in [0.717, 1.165) is 5.52 Å². The van der Waals surface area contributed by atoms with E-state index in [1.165, 1.54) is 50.0 Å². The quantitative estimate of drug-likeness (QED) is 0.443. The summed E-state index contributed by atoms with van der Waals surface area (Å²) in [5.74, 6) is 0.256. The van der Waals surface area contributed by atoms with Crippen LogP contribution in [0.3, 0.4) is 0 Å². The van der Waals surface area contributed by atoms with Crippen LogP contribution in [0.2, 0.25) is 5.02 Å². The molecule has 2 N–H and O–H groups in total. The van der Waals surface area contributed by atoms with E-state index in [0.29, 0.717) is 27.5 Å². The third kappa shape index (κ3) is 4.10. The zero-order valence-corrected chi connectivity index (χ0v) is 18.6. The summed E-state index contributed by atoms with van der Waals surface area (Å²) in [6, 6.07) is 11.0. The molecule has 0 unspecified atom stereocenters. The number of nitrogens with zero attached hydrogens (tertiary/aromatic N) is 3. The van der Waals surface area contributed by atoms with Crippen molar-refractivity contribution in [1.29, 1.82) is 0 Å². The van der Waals surface area contributed by atoms with Gasteiger partial charge in [-0.2, -0.15) is 0 Å². The number of carbonyl (C=O) groups excluding carboxylic acids is 1. The Balaban J connectivity index is 1.54. The van der Waals surface area contributed by atoms with Gasteiger partial charge in [0.1, 0.15) is 11.4 Å². The Labute approximate surface area is 189 Å². The number of methoxy groups -OCH3 is 1. The van der Waals surface area contributed by atoms with E-state index in [4.69, 9.17) is 16.3 Å². The first-order valence-electron chi connectivity index (χ1n) is 9.32. The van der Waals surface area contributed by atoms with Crippen LogP contribution in [-0.4, -0.2) is 36.0 Å². The number of nitrogens with one attached hydrogen (secondary N) is 2. The highest BCUT2D eigenvalue weighted by atomic mass is 35.5. The summed E-state index contributed by atoms with van der Waals surface area (Å²) in [6.45, 7) is 0.